The number of aromatic nitrogens is 4. The molecular formula is C49H36N4O3. The molecule has 7 heteroatoms. The Balaban J connectivity index is 1.19. The fraction of sp³-hybridized carbons (Fsp3) is 0.0612. The molecule has 2 N–H and O–H groups in total. The number of methoxy groups -OCH3 is 2. The maximum absolute atomic E-state index is 6.77. The Labute approximate surface area is 323 Å². The Bertz CT molecular complexity index is 3060. The first kappa shape index (κ1) is 33.2. The molecule has 3 aromatic heterocycles. The van der Waals surface area contributed by atoms with Crippen molar-refractivity contribution in [1.29, 1.82) is 0 Å². The minimum Gasteiger partial charge on any atom is -0.497 e. The molecule has 0 amide bonds. The Morgan fingerprint density at radius 3 is 1.80 bits per heavy atom. The zero-order valence-electron chi connectivity index (χ0n) is 30.8. The molecule has 270 valence electrons. The normalized spacial score (nSPS) is 12.0. The van der Waals surface area contributed by atoms with Crippen molar-refractivity contribution >= 4 is 67.9 Å². The van der Waals surface area contributed by atoms with Crippen molar-refractivity contribution in [2.24, 2.45) is 0 Å². The molecule has 8 aromatic rings. The van der Waals surface area contributed by atoms with Gasteiger partial charge in [0.2, 0.25) is 0 Å². The van der Waals surface area contributed by atoms with Gasteiger partial charge in [-0.15, -0.1) is 0 Å². The van der Waals surface area contributed by atoms with Crippen LogP contribution in [0.2, 0.25) is 0 Å². The van der Waals surface area contributed by atoms with E-state index < -0.39 is 0 Å². The largest absolute Gasteiger partial charge is 0.497 e. The van der Waals surface area contributed by atoms with E-state index >= 15 is 0 Å². The van der Waals surface area contributed by atoms with Crippen LogP contribution < -0.4 is 14.2 Å². The molecule has 5 aromatic carbocycles. The molecule has 10 rings (SSSR count). The predicted molar refractivity (Wildman–Crippen MR) is 229 cm³/mol. The highest BCUT2D eigenvalue weighted by Gasteiger charge is 2.19. The summed E-state index contributed by atoms with van der Waals surface area (Å²) in [5.74, 6) is 2.18. The number of nitrogens with one attached hydrogen (secondary N) is 2. The number of ether oxygens (including phenoxy) is 3. The van der Waals surface area contributed by atoms with Crippen molar-refractivity contribution in [1.82, 2.24) is 19.9 Å². The van der Waals surface area contributed by atoms with E-state index in [1.807, 2.05) is 24.3 Å². The molecule has 2 aliphatic rings. The monoisotopic (exact) mass is 728 g/mol. The lowest BCUT2D eigenvalue weighted by atomic mass is 9.95. The van der Waals surface area contributed by atoms with E-state index in [9.17, 15) is 0 Å². The molecular weight excluding hydrogens is 693 g/mol. The van der Waals surface area contributed by atoms with Gasteiger partial charge in [0.05, 0.1) is 37.0 Å². The Kier molecular flexibility index (Phi) is 8.18. The quantitative estimate of drug-likeness (QED) is 0.171. The fourth-order valence-electron chi connectivity index (χ4n) is 7.71. The van der Waals surface area contributed by atoms with Crippen molar-refractivity contribution in [3.8, 4) is 39.5 Å². The van der Waals surface area contributed by atoms with Crippen LogP contribution in [-0.2, 0) is 6.61 Å². The van der Waals surface area contributed by atoms with Gasteiger partial charge in [-0.3, -0.25) is 0 Å². The first-order chi connectivity index (χ1) is 27.6. The van der Waals surface area contributed by atoms with Crippen molar-refractivity contribution in [2.75, 3.05) is 14.2 Å². The van der Waals surface area contributed by atoms with Crippen LogP contribution >= 0.6 is 0 Å². The third-order valence-electron chi connectivity index (χ3n) is 10.4. The third kappa shape index (κ3) is 6.15. The van der Waals surface area contributed by atoms with Gasteiger partial charge in [0.25, 0.3) is 0 Å². The van der Waals surface area contributed by atoms with E-state index in [2.05, 4.69) is 143 Å². The second-order valence-corrected chi connectivity index (χ2v) is 13.9. The van der Waals surface area contributed by atoms with Gasteiger partial charge in [-0.1, -0.05) is 66.7 Å². The van der Waals surface area contributed by atoms with E-state index in [-0.39, 0.29) is 0 Å². The first-order valence-electron chi connectivity index (χ1n) is 18.5. The standard InChI is InChI=1S/C49H36N4O3/c1-54-39-24-34(25-40(28-39)55-2)47-42-18-14-35(50-42)26-37-16-20-44(52-37)49(45-21-17-38(53-45)27-36-15-19-43(47)51-36)48-41-10-6-5-8-32(41)13-22-46(48)56-29-30-11-12-31-7-3-4-9-33(31)23-30/h3-28,50,53H,29H2,1-2H3. The SMILES string of the molecule is COc1cc(OC)cc(-c2c3nc(cc4ccc([nH]4)c(-c4c(OCc5ccc6ccccc6c5)ccc5ccccc45)c4nc(cc5ccc2[nH]5)C=C4)C=C3)c1. The summed E-state index contributed by atoms with van der Waals surface area (Å²) in [6.45, 7) is 0.419. The highest BCUT2D eigenvalue weighted by Crippen LogP contribution is 2.42. The zero-order valence-corrected chi connectivity index (χ0v) is 30.8. The number of fused-ring (bicyclic) bond motifs is 10. The van der Waals surface area contributed by atoms with Gasteiger partial charge in [0, 0.05) is 44.8 Å². The topological polar surface area (TPSA) is 85.1 Å². The number of hydrogen-bond acceptors (Lipinski definition) is 5. The molecule has 56 heavy (non-hydrogen) atoms. The zero-order chi connectivity index (χ0) is 37.6. The van der Waals surface area contributed by atoms with Crippen LogP contribution in [0.5, 0.6) is 17.2 Å². The van der Waals surface area contributed by atoms with Crippen molar-refractivity contribution in [2.45, 2.75) is 6.61 Å². The van der Waals surface area contributed by atoms with Gasteiger partial charge in [0.1, 0.15) is 23.9 Å². The smallest absolute Gasteiger partial charge is 0.128 e. The average Bonchev–Trinajstić information content (AvgIpc) is 4.08. The van der Waals surface area contributed by atoms with Crippen LogP contribution in [0.1, 0.15) is 28.3 Å². The maximum Gasteiger partial charge on any atom is 0.128 e. The van der Waals surface area contributed by atoms with Gasteiger partial charge in [0.15, 0.2) is 0 Å². The summed E-state index contributed by atoms with van der Waals surface area (Å²) in [5.41, 5.74) is 11.8. The maximum atomic E-state index is 6.77. The molecule has 2 aliphatic heterocycles. The molecule has 5 heterocycles. The van der Waals surface area contributed by atoms with Crippen LogP contribution in [0.3, 0.4) is 0 Å². The Morgan fingerprint density at radius 1 is 0.500 bits per heavy atom. The number of rotatable bonds is 7. The highest BCUT2D eigenvalue weighted by atomic mass is 16.5. The van der Waals surface area contributed by atoms with Gasteiger partial charge >= 0.3 is 0 Å². The minimum absolute atomic E-state index is 0.419. The predicted octanol–water partition coefficient (Wildman–Crippen LogP) is 11.9. The molecule has 0 aliphatic carbocycles. The summed E-state index contributed by atoms with van der Waals surface area (Å²) in [4.78, 5) is 17.7. The van der Waals surface area contributed by atoms with Gasteiger partial charge in [-0.2, -0.15) is 0 Å². The second kappa shape index (κ2) is 13.8. The summed E-state index contributed by atoms with van der Waals surface area (Å²) < 4.78 is 18.1. The summed E-state index contributed by atoms with van der Waals surface area (Å²) in [6.07, 6.45) is 8.25. The first-order valence-corrected chi connectivity index (χ1v) is 18.5. The van der Waals surface area contributed by atoms with Crippen molar-refractivity contribution in [3.63, 3.8) is 0 Å². The lowest BCUT2D eigenvalue weighted by Gasteiger charge is -2.16. The van der Waals surface area contributed by atoms with E-state index in [1.54, 1.807) is 14.2 Å². The molecule has 8 bridgehead atoms. The molecule has 0 radical (unpaired) electrons. The van der Waals surface area contributed by atoms with E-state index in [0.717, 1.165) is 89.2 Å². The molecule has 0 saturated heterocycles. The summed E-state index contributed by atoms with van der Waals surface area (Å²) >= 11 is 0. The number of hydrogen-bond donors (Lipinski definition) is 2. The number of benzene rings is 5. The van der Waals surface area contributed by atoms with Crippen LogP contribution in [0, 0.1) is 0 Å². The van der Waals surface area contributed by atoms with E-state index in [1.165, 1.54) is 10.8 Å². The Hall–Kier alpha value is -7.38. The van der Waals surface area contributed by atoms with Gasteiger partial charge in [-0.25, -0.2) is 9.97 Å². The Morgan fingerprint density at radius 2 is 1.11 bits per heavy atom. The van der Waals surface area contributed by atoms with E-state index in [4.69, 9.17) is 24.2 Å². The summed E-state index contributed by atoms with van der Waals surface area (Å²) in [6, 6.07) is 45.9. The van der Waals surface area contributed by atoms with Crippen LogP contribution in [-0.4, -0.2) is 34.2 Å². The van der Waals surface area contributed by atoms with Gasteiger partial charge in [-0.05, 0) is 118 Å². The van der Waals surface area contributed by atoms with Crippen LogP contribution in [0.25, 0.3) is 90.2 Å². The molecule has 0 spiro atoms. The lowest BCUT2D eigenvalue weighted by Crippen LogP contribution is -1.99. The van der Waals surface area contributed by atoms with Crippen molar-refractivity contribution in [3.05, 3.63) is 162 Å². The summed E-state index contributed by atoms with van der Waals surface area (Å²) in [5, 5.41) is 4.59. The number of aromatic amines is 2. The second-order valence-electron chi connectivity index (χ2n) is 13.9. The third-order valence-corrected chi connectivity index (χ3v) is 10.4. The minimum atomic E-state index is 0.419. The molecule has 0 saturated carbocycles. The molecule has 7 nitrogen and oxygen atoms in total. The van der Waals surface area contributed by atoms with Crippen molar-refractivity contribution < 1.29 is 14.2 Å². The van der Waals surface area contributed by atoms with Crippen LogP contribution in [0.15, 0.2) is 133 Å². The number of H-pyrrole nitrogens is 2. The van der Waals surface area contributed by atoms with Crippen LogP contribution in [0.4, 0.5) is 0 Å². The summed E-state index contributed by atoms with van der Waals surface area (Å²) in [7, 11) is 3.32. The van der Waals surface area contributed by atoms with E-state index in [0.29, 0.717) is 18.1 Å². The average molecular weight is 729 g/mol. The molecule has 0 unspecified atom stereocenters. The fourth-order valence-corrected chi connectivity index (χ4v) is 7.71. The molecule has 0 atom stereocenters. The van der Waals surface area contributed by atoms with Gasteiger partial charge < -0.3 is 24.2 Å². The molecule has 0 fully saturated rings. The number of nitrogens with zero attached hydrogens (tertiary/aromatic N) is 2. The highest BCUT2D eigenvalue weighted by molar-refractivity contribution is 6.06. The lowest BCUT2D eigenvalue weighted by molar-refractivity contribution is 0.308.